The Morgan fingerprint density at radius 1 is 1.21 bits per heavy atom. The topological polar surface area (TPSA) is 94.8 Å². The molecule has 1 rings (SSSR count). The van der Waals surface area contributed by atoms with E-state index in [-0.39, 0.29) is 16.4 Å². The zero-order valence-corrected chi connectivity index (χ0v) is 8.24. The Bertz CT molecular complexity index is 289. The van der Waals surface area contributed by atoms with Gasteiger partial charge in [-0.1, -0.05) is 0 Å². The highest BCUT2D eigenvalue weighted by Gasteiger charge is 2.10. The van der Waals surface area contributed by atoms with Crippen molar-refractivity contribution in [3.63, 3.8) is 0 Å². The molecule has 0 bridgehead atoms. The summed E-state index contributed by atoms with van der Waals surface area (Å²) < 4.78 is 0. The first kappa shape index (κ1) is 12.6. The van der Waals surface area contributed by atoms with Crippen molar-refractivity contribution in [1.82, 2.24) is 0 Å². The second-order valence-electron chi connectivity index (χ2n) is 2.09. The van der Waals surface area contributed by atoms with Gasteiger partial charge in [0.1, 0.15) is 9.75 Å². The molecule has 5 nitrogen and oxygen atoms in total. The van der Waals surface area contributed by atoms with Gasteiger partial charge in [0.25, 0.3) is 0 Å². The molecule has 1 aromatic heterocycles. The van der Waals surface area contributed by atoms with Crippen LogP contribution in [0.15, 0.2) is 12.1 Å². The predicted octanol–water partition coefficient (Wildman–Crippen LogP) is 1.14. The molecule has 1 aromatic rings. The normalized spacial score (nSPS) is 8.71. The largest absolute Gasteiger partial charge is 0.477 e. The molecule has 78 valence electrons. The number of thiophene rings is 1. The average molecular weight is 218 g/mol. The quantitative estimate of drug-likeness (QED) is 0.692. The minimum Gasteiger partial charge on any atom is -0.477 e. The lowest BCUT2D eigenvalue weighted by atomic mass is 10.4. The maximum Gasteiger partial charge on any atom is 0.345 e. The third-order valence-electron chi connectivity index (χ3n) is 1.03. The van der Waals surface area contributed by atoms with Gasteiger partial charge in [-0.05, 0) is 19.1 Å². The van der Waals surface area contributed by atoms with Gasteiger partial charge in [-0.15, -0.1) is 11.3 Å². The molecule has 0 fully saturated rings. The van der Waals surface area contributed by atoms with E-state index >= 15 is 0 Å². The summed E-state index contributed by atoms with van der Waals surface area (Å²) in [4.78, 5) is 20.6. The van der Waals surface area contributed by atoms with Crippen LogP contribution in [-0.2, 0) is 0 Å². The van der Waals surface area contributed by atoms with Crippen LogP contribution in [0.25, 0.3) is 0 Å². The maximum atomic E-state index is 10.3. The summed E-state index contributed by atoms with van der Waals surface area (Å²) in [6, 6.07) is 2.55. The molecular weight excluding hydrogens is 208 g/mol. The minimum atomic E-state index is -1.09. The Hall–Kier alpha value is -1.40. The van der Waals surface area contributed by atoms with Crippen LogP contribution in [0.5, 0.6) is 0 Å². The lowest BCUT2D eigenvalue weighted by molar-refractivity contribution is 0.0693. The van der Waals surface area contributed by atoms with Crippen molar-refractivity contribution in [3.05, 3.63) is 21.9 Å². The number of aliphatic hydroxyl groups excluding tert-OH is 1. The van der Waals surface area contributed by atoms with E-state index in [2.05, 4.69) is 0 Å². The lowest BCUT2D eigenvalue weighted by Crippen LogP contribution is -1.91. The van der Waals surface area contributed by atoms with E-state index in [1.807, 2.05) is 0 Å². The predicted molar refractivity (Wildman–Crippen MR) is 51.0 cm³/mol. The van der Waals surface area contributed by atoms with Gasteiger partial charge >= 0.3 is 11.9 Å². The number of aromatic carboxylic acids is 2. The Morgan fingerprint density at radius 3 is 1.64 bits per heavy atom. The van der Waals surface area contributed by atoms with Gasteiger partial charge in [-0.3, -0.25) is 0 Å². The molecular formula is C8H10O5S. The standard InChI is InChI=1S/C6H4O4S.C2H6O/c7-5(8)3-1-2-4(11-3)6(9)10;1-2-3/h1-2H,(H,7,8)(H,9,10);3H,2H2,1H3. The summed E-state index contributed by atoms with van der Waals surface area (Å²) in [6.45, 7) is 1.93. The highest BCUT2D eigenvalue weighted by Crippen LogP contribution is 2.15. The number of aliphatic hydroxyl groups is 1. The van der Waals surface area contributed by atoms with E-state index in [1.54, 1.807) is 6.92 Å². The summed E-state index contributed by atoms with van der Waals surface area (Å²) in [5.41, 5.74) is 0. The SMILES string of the molecule is CCO.O=C(O)c1ccc(C(=O)O)s1. The van der Waals surface area contributed by atoms with Gasteiger partial charge in [0.05, 0.1) is 0 Å². The zero-order valence-electron chi connectivity index (χ0n) is 7.43. The third kappa shape index (κ3) is 4.01. The van der Waals surface area contributed by atoms with E-state index in [0.717, 1.165) is 11.3 Å². The van der Waals surface area contributed by atoms with Crippen LogP contribution < -0.4 is 0 Å². The molecule has 0 atom stereocenters. The molecule has 14 heavy (non-hydrogen) atoms. The Kier molecular flexibility index (Phi) is 5.50. The molecule has 0 aliphatic rings. The first-order valence-corrected chi connectivity index (χ1v) is 4.51. The van der Waals surface area contributed by atoms with Crippen molar-refractivity contribution in [2.24, 2.45) is 0 Å². The van der Waals surface area contributed by atoms with E-state index in [1.165, 1.54) is 12.1 Å². The summed E-state index contributed by atoms with van der Waals surface area (Å²) in [6.07, 6.45) is 0. The Morgan fingerprint density at radius 2 is 1.50 bits per heavy atom. The average Bonchev–Trinajstić information content (AvgIpc) is 2.53. The van der Waals surface area contributed by atoms with Gasteiger partial charge in [0, 0.05) is 6.61 Å². The number of rotatable bonds is 2. The number of carboxylic acids is 2. The van der Waals surface area contributed by atoms with E-state index in [0.29, 0.717) is 0 Å². The molecule has 3 N–H and O–H groups in total. The van der Waals surface area contributed by atoms with Crippen molar-refractivity contribution in [3.8, 4) is 0 Å². The molecule has 0 radical (unpaired) electrons. The fourth-order valence-corrected chi connectivity index (χ4v) is 1.25. The number of hydrogen-bond acceptors (Lipinski definition) is 4. The molecule has 0 aliphatic carbocycles. The van der Waals surface area contributed by atoms with Crippen molar-refractivity contribution >= 4 is 23.3 Å². The van der Waals surface area contributed by atoms with E-state index < -0.39 is 11.9 Å². The van der Waals surface area contributed by atoms with E-state index in [9.17, 15) is 9.59 Å². The molecule has 0 aliphatic heterocycles. The Balaban J connectivity index is 0.000000500. The minimum absolute atomic E-state index is 0.0439. The zero-order chi connectivity index (χ0) is 11.1. The number of carboxylic acid groups (broad SMARTS) is 2. The number of carbonyl (C=O) groups is 2. The highest BCUT2D eigenvalue weighted by atomic mass is 32.1. The van der Waals surface area contributed by atoms with Gasteiger partial charge in [0.15, 0.2) is 0 Å². The molecule has 0 amide bonds. The summed E-state index contributed by atoms with van der Waals surface area (Å²) >= 11 is 0.750. The first-order valence-electron chi connectivity index (χ1n) is 3.70. The summed E-state index contributed by atoms with van der Waals surface area (Å²) in [5.74, 6) is -2.19. The monoisotopic (exact) mass is 218 g/mol. The Labute approximate surface area is 84.2 Å². The van der Waals surface area contributed by atoms with Crippen molar-refractivity contribution in [2.45, 2.75) is 6.92 Å². The summed E-state index contributed by atoms with van der Waals surface area (Å²) in [5, 5.41) is 24.4. The molecule has 1 heterocycles. The number of hydrogen-bond donors (Lipinski definition) is 3. The van der Waals surface area contributed by atoms with Crippen LogP contribution in [0.3, 0.4) is 0 Å². The second kappa shape index (κ2) is 6.11. The molecule has 0 saturated carbocycles. The smallest absolute Gasteiger partial charge is 0.345 e. The van der Waals surface area contributed by atoms with Gasteiger partial charge in [-0.2, -0.15) is 0 Å². The lowest BCUT2D eigenvalue weighted by Gasteiger charge is -1.82. The maximum absolute atomic E-state index is 10.3. The fraction of sp³-hybridized carbons (Fsp3) is 0.250. The molecule has 0 unspecified atom stereocenters. The van der Waals surface area contributed by atoms with Crippen molar-refractivity contribution in [2.75, 3.05) is 6.61 Å². The molecule has 0 aromatic carbocycles. The van der Waals surface area contributed by atoms with Crippen molar-refractivity contribution in [1.29, 1.82) is 0 Å². The summed E-state index contributed by atoms with van der Waals surface area (Å²) in [7, 11) is 0. The first-order chi connectivity index (χ1) is 6.52. The van der Waals surface area contributed by atoms with Crippen LogP contribution in [-0.4, -0.2) is 33.9 Å². The third-order valence-corrected chi connectivity index (χ3v) is 2.09. The van der Waals surface area contributed by atoms with Crippen LogP contribution in [0.1, 0.15) is 26.3 Å². The van der Waals surface area contributed by atoms with Gasteiger partial charge in [0.2, 0.25) is 0 Å². The molecule has 0 spiro atoms. The van der Waals surface area contributed by atoms with Gasteiger partial charge in [-0.25, -0.2) is 9.59 Å². The highest BCUT2D eigenvalue weighted by molar-refractivity contribution is 7.15. The van der Waals surface area contributed by atoms with Crippen LogP contribution >= 0.6 is 11.3 Å². The van der Waals surface area contributed by atoms with Crippen LogP contribution in [0.4, 0.5) is 0 Å². The second-order valence-corrected chi connectivity index (χ2v) is 3.17. The molecule has 6 heteroatoms. The van der Waals surface area contributed by atoms with Crippen molar-refractivity contribution < 1.29 is 24.9 Å². The van der Waals surface area contributed by atoms with Crippen LogP contribution in [0, 0.1) is 0 Å². The van der Waals surface area contributed by atoms with Gasteiger partial charge < -0.3 is 15.3 Å². The van der Waals surface area contributed by atoms with E-state index in [4.69, 9.17) is 15.3 Å². The fourth-order valence-electron chi connectivity index (χ4n) is 0.568. The van der Waals surface area contributed by atoms with Crippen LogP contribution in [0.2, 0.25) is 0 Å². The molecule has 0 saturated heterocycles.